The molecular weight excluding hydrogens is 1030 g/mol. The van der Waals surface area contributed by atoms with E-state index in [1.54, 1.807) is 0 Å². The van der Waals surface area contributed by atoms with Crippen LogP contribution in [0.15, 0.2) is 315 Å². The molecule has 0 amide bonds. The molecule has 2 aromatic heterocycles. The molecule has 14 aromatic rings. The first-order valence-electron chi connectivity index (χ1n) is 29.2. The van der Waals surface area contributed by atoms with Gasteiger partial charge in [0, 0.05) is 45.0 Å². The van der Waals surface area contributed by atoms with E-state index in [9.17, 15) is 0 Å². The van der Waals surface area contributed by atoms with Crippen LogP contribution in [0, 0.1) is 0 Å². The summed E-state index contributed by atoms with van der Waals surface area (Å²) in [5, 5.41) is 2.45. The van der Waals surface area contributed by atoms with Crippen LogP contribution in [0.4, 0.5) is 0 Å². The first-order valence-corrected chi connectivity index (χ1v) is 29.2. The second kappa shape index (κ2) is 21.0. The second-order valence-electron chi connectivity index (χ2n) is 22.1. The number of hydrogen-bond acceptors (Lipinski definition) is 3. The number of rotatable bonds is 10. The van der Waals surface area contributed by atoms with Crippen LogP contribution in [0.25, 0.3) is 117 Å². The Kier molecular flexibility index (Phi) is 12.3. The lowest BCUT2D eigenvalue weighted by Gasteiger charge is -2.44. The maximum Gasteiger partial charge on any atom is 0.165 e. The summed E-state index contributed by atoms with van der Waals surface area (Å²) in [7, 11) is 0. The molecule has 398 valence electrons. The number of aromatic nitrogens is 4. The molecule has 0 N–H and O–H groups in total. The molecule has 2 aliphatic carbocycles. The number of nitrogens with zero attached hydrogens (tertiary/aromatic N) is 4. The summed E-state index contributed by atoms with van der Waals surface area (Å²) in [4.78, 5) is 16.5. The van der Waals surface area contributed by atoms with E-state index in [4.69, 9.17) is 15.0 Å². The summed E-state index contributed by atoms with van der Waals surface area (Å²) in [6, 6.07) is 114. The highest BCUT2D eigenvalue weighted by molar-refractivity contribution is 6.25. The maximum absolute atomic E-state index is 5.62. The van der Waals surface area contributed by atoms with Gasteiger partial charge in [-0.05, 0) is 125 Å². The molecule has 4 nitrogen and oxygen atoms in total. The van der Waals surface area contributed by atoms with E-state index < -0.39 is 0 Å². The van der Waals surface area contributed by atoms with Gasteiger partial charge in [-0.1, -0.05) is 279 Å². The Balaban J connectivity index is 0.898. The summed E-state index contributed by atoms with van der Waals surface area (Å²) in [5.41, 5.74) is 25.3. The van der Waals surface area contributed by atoms with Crippen LogP contribution in [-0.4, -0.2) is 19.5 Å². The van der Waals surface area contributed by atoms with Crippen LogP contribution in [0.5, 0.6) is 0 Å². The maximum atomic E-state index is 5.62. The van der Waals surface area contributed by atoms with Gasteiger partial charge in [0.2, 0.25) is 0 Å². The minimum Gasteiger partial charge on any atom is -0.309 e. The fourth-order valence-corrected chi connectivity index (χ4v) is 13.5. The second-order valence-corrected chi connectivity index (χ2v) is 22.1. The summed E-state index contributed by atoms with van der Waals surface area (Å²) >= 11 is 0. The third-order valence-corrected chi connectivity index (χ3v) is 17.3. The van der Waals surface area contributed by atoms with E-state index in [1.165, 1.54) is 77.5 Å². The van der Waals surface area contributed by atoms with Gasteiger partial charge in [0.05, 0.1) is 11.0 Å². The van der Waals surface area contributed by atoms with Crippen molar-refractivity contribution in [2.24, 2.45) is 0 Å². The molecule has 0 bridgehead atoms. The fourth-order valence-electron chi connectivity index (χ4n) is 13.5. The molecule has 16 rings (SSSR count). The lowest BCUT2D eigenvalue weighted by molar-refractivity contribution is 0.755. The quantitative estimate of drug-likeness (QED) is 0.137. The third kappa shape index (κ3) is 8.74. The van der Waals surface area contributed by atoms with Crippen molar-refractivity contribution in [1.29, 1.82) is 0 Å². The van der Waals surface area contributed by atoms with Gasteiger partial charge in [-0.2, -0.15) is 0 Å². The molecule has 4 heteroatoms. The van der Waals surface area contributed by atoms with E-state index in [-0.39, 0.29) is 11.8 Å². The van der Waals surface area contributed by atoms with Gasteiger partial charge in [-0.15, -0.1) is 0 Å². The normalized spacial score (nSPS) is 14.5. The standard InChI is InChI=1S/C81H54N4/c1-7-23-53(24-8-1)62-45-49-71-69(51-62)70-52-63(54-25-9-2-10-26-54)46-50-72(70)85(71)64-47-43-56(44-48-64)55-39-41-59(42-40-55)74-73(57-27-11-3-12-28-57)76-67-37-21-19-35-65(67)66-36-20-22-38-68(66)77(76)75(58-29-13-4-14-30-58)78(74)81-83-79(60-31-15-5-16-32-60)82-80(84-81)61-33-17-6-18-34-61/h1-52,76-77H. The number of allylic oxidation sites excluding steroid dienone is 4. The van der Waals surface area contributed by atoms with Crippen molar-refractivity contribution >= 4 is 44.1 Å². The zero-order valence-corrected chi connectivity index (χ0v) is 46.5. The van der Waals surface area contributed by atoms with Gasteiger partial charge >= 0.3 is 0 Å². The van der Waals surface area contributed by atoms with Crippen LogP contribution < -0.4 is 0 Å². The Hall–Kier alpha value is -11.1. The van der Waals surface area contributed by atoms with Crippen molar-refractivity contribution in [2.75, 3.05) is 0 Å². The van der Waals surface area contributed by atoms with Crippen molar-refractivity contribution in [3.8, 4) is 73.0 Å². The van der Waals surface area contributed by atoms with Crippen molar-refractivity contribution in [2.45, 2.75) is 11.8 Å². The average Bonchev–Trinajstić information content (AvgIpc) is 1.62. The van der Waals surface area contributed by atoms with Crippen molar-refractivity contribution in [1.82, 2.24) is 19.5 Å². The molecule has 0 fully saturated rings. The van der Waals surface area contributed by atoms with E-state index >= 15 is 0 Å². The Labute approximate surface area is 494 Å². The van der Waals surface area contributed by atoms with E-state index in [0.717, 1.165) is 55.8 Å². The first kappa shape index (κ1) is 49.7. The number of benzene rings is 12. The Bertz CT molecular complexity index is 4720. The van der Waals surface area contributed by atoms with Crippen molar-refractivity contribution < 1.29 is 0 Å². The van der Waals surface area contributed by atoms with E-state index in [1.807, 2.05) is 12.1 Å². The average molecular weight is 1080 g/mol. The molecule has 2 aliphatic rings. The highest BCUT2D eigenvalue weighted by atomic mass is 15.0. The molecule has 0 spiro atoms. The smallest absolute Gasteiger partial charge is 0.165 e. The zero-order chi connectivity index (χ0) is 56.2. The molecule has 2 unspecified atom stereocenters. The summed E-state index contributed by atoms with van der Waals surface area (Å²) < 4.78 is 2.42. The minimum absolute atomic E-state index is 0.0746. The Morgan fingerprint density at radius 2 is 0.553 bits per heavy atom. The Morgan fingerprint density at radius 3 is 0.988 bits per heavy atom. The van der Waals surface area contributed by atoms with Crippen molar-refractivity contribution in [3.63, 3.8) is 0 Å². The van der Waals surface area contributed by atoms with Gasteiger partial charge in [0.25, 0.3) is 0 Å². The highest BCUT2D eigenvalue weighted by Crippen LogP contribution is 2.64. The van der Waals surface area contributed by atoms with Gasteiger partial charge in [-0.25, -0.2) is 15.0 Å². The van der Waals surface area contributed by atoms with Crippen LogP contribution in [0.1, 0.15) is 45.5 Å². The third-order valence-electron chi connectivity index (χ3n) is 17.3. The largest absolute Gasteiger partial charge is 0.309 e. The predicted molar refractivity (Wildman–Crippen MR) is 352 cm³/mol. The molecule has 0 aliphatic heterocycles. The predicted octanol–water partition coefficient (Wildman–Crippen LogP) is 20.4. The molecule has 0 saturated carbocycles. The van der Waals surface area contributed by atoms with Gasteiger partial charge in [0.15, 0.2) is 17.5 Å². The van der Waals surface area contributed by atoms with Gasteiger partial charge in [0.1, 0.15) is 0 Å². The lowest BCUT2D eigenvalue weighted by Crippen LogP contribution is -2.26. The summed E-state index contributed by atoms with van der Waals surface area (Å²) in [6.07, 6.45) is 0. The van der Waals surface area contributed by atoms with Crippen LogP contribution in [-0.2, 0) is 0 Å². The lowest BCUT2D eigenvalue weighted by atomic mass is 9.58. The van der Waals surface area contributed by atoms with Crippen LogP contribution in [0.3, 0.4) is 0 Å². The van der Waals surface area contributed by atoms with Gasteiger partial charge < -0.3 is 4.57 Å². The SMILES string of the molecule is c1ccc(C2=C(c3ccc(-c4ccc(-n5c6ccc(-c7ccccc7)cc6c6cc(-c7ccccc7)ccc65)cc4)cc3)C(c3nc(-c4ccccc4)nc(-c4ccccc4)n3)=C(c3ccccc3)C3c4ccccc4-c4ccccc4C23)cc1. The van der Waals surface area contributed by atoms with Crippen LogP contribution in [0.2, 0.25) is 0 Å². The highest BCUT2D eigenvalue weighted by Gasteiger charge is 2.45. The molecule has 2 heterocycles. The van der Waals surface area contributed by atoms with Gasteiger partial charge in [-0.3, -0.25) is 0 Å². The molecular formula is C81H54N4. The Morgan fingerprint density at radius 1 is 0.235 bits per heavy atom. The summed E-state index contributed by atoms with van der Waals surface area (Å²) in [5.74, 6) is 1.69. The molecule has 0 radical (unpaired) electrons. The first-order chi connectivity index (χ1) is 42.2. The molecule has 2 atom stereocenters. The number of fused-ring (bicyclic) bond motifs is 9. The van der Waals surface area contributed by atoms with E-state index in [2.05, 4.69) is 308 Å². The topological polar surface area (TPSA) is 43.6 Å². The molecule has 0 saturated heterocycles. The zero-order valence-electron chi connectivity index (χ0n) is 46.5. The fraction of sp³-hybridized carbons (Fsp3) is 0.0247. The number of hydrogen-bond donors (Lipinski definition) is 0. The summed E-state index contributed by atoms with van der Waals surface area (Å²) in [6.45, 7) is 0. The monoisotopic (exact) mass is 1080 g/mol. The molecule has 85 heavy (non-hydrogen) atoms. The molecule has 12 aromatic carbocycles. The van der Waals surface area contributed by atoms with E-state index in [0.29, 0.717) is 17.5 Å². The van der Waals surface area contributed by atoms with Crippen LogP contribution >= 0.6 is 0 Å². The minimum atomic E-state index is -0.108. The van der Waals surface area contributed by atoms with Crippen molar-refractivity contribution in [3.05, 3.63) is 349 Å².